The molecule has 0 fully saturated rings. The van der Waals surface area contributed by atoms with Gasteiger partial charge in [0.1, 0.15) is 6.61 Å². The van der Waals surface area contributed by atoms with Crippen molar-refractivity contribution in [2.45, 2.75) is 31.4 Å². The number of rotatable bonds is 8. The Labute approximate surface area is 129 Å². The van der Waals surface area contributed by atoms with Gasteiger partial charge in [-0.05, 0) is 38.5 Å². The number of ether oxygens (including phenoxy) is 2. The second-order valence-corrected chi connectivity index (χ2v) is 7.85. The van der Waals surface area contributed by atoms with Crippen molar-refractivity contribution in [1.82, 2.24) is 0 Å². The third kappa shape index (κ3) is 4.98. The van der Waals surface area contributed by atoms with Crippen LogP contribution >= 0.6 is 15.9 Å². The normalized spacial score (nSPS) is 11.7. The monoisotopic (exact) mass is 364 g/mol. The van der Waals surface area contributed by atoms with Gasteiger partial charge in [0.15, 0.2) is 21.3 Å². The fraction of sp³-hybridized carbons (Fsp3) is 0.571. The van der Waals surface area contributed by atoms with Gasteiger partial charge in [0.2, 0.25) is 0 Å². The molecule has 0 atom stereocenters. The van der Waals surface area contributed by atoms with Crippen LogP contribution in [0.15, 0.2) is 18.2 Å². The molecular formula is C14H21BrO4S. The molecule has 1 aromatic rings. The first-order chi connectivity index (χ1) is 9.40. The van der Waals surface area contributed by atoms with Crippen molar-refractivity contribution in [2.24, 2.45) is 0 Å². The zero-order chi connectivity index (χ0) is 15.2. The van der Waals surface area contributed by atoms with Crippen molar-refractivity contribution in [2.75, 3.05) is 19.0 Å². The Morgan fingerprint density at radius 1 is 1.20 bits per heavy atom. The van der Waals surface area contributed by atoms with Crippen LogP contribution in [0.2, 0.25) is 0 Å². The van der Waals surface area contributed by atoms with E-state index in [1.54, 1.807) is 13.8 Å². The Bertz CT molecular complexity index is 526. The maximum absolute atomic E-state index is 11.7. The SMILES string of the molecule is CCOc1cc(CBr)ccc1OCCS(=O)(=O)C(C)C. The standard InChI is InChI=1S/C14H21BrO4S/c1-4-18-14-9-12(10-15)5-6-13(14)19-7-8-20(16,17)11(2)3/h5-6,9,11H,4,7-8,10H2,1-3H3. The molecule has 0 unspecified atom stereocenters. The van der Waals surface area contributed by atoms with Crippen LogP contribution < -0.4 is 9.47 Å². The van der Waals surface area contributed by atoms with Crippen molar-refractivity contribution < 1.29 is 17.9 Å². The van der Waals surface area contributed by atoms with Crippen LogP contribution in [0.25, 0.3) is 0 Å². The Morgan fingerprint density at radius 2 is 1.90 bits per heavy atom. The molecule has 0 bridgehead atoms. The maximum Gasteiger partial charge on any atom is 0.161 e. The van der Waals surface area contributed by atoms with Gasteiger partial charge in [0.25, 0.3) is 0 Å². The van der Waals surface area contributed by atoms with Crippen molar-refractivity contribution in [1.29, 1.82) is 0 Å². The first kappa shape index (κ1) is 17.3. The number of sulfone groups is 1. The molecule has 114 valence electrons. The molecule has 0 aromatic heterocycles. The lowest BCUT2D eigenvalue weighted by Gasteiger charge is -2.13. The number of halogens is 1. The minimum atomic E-state index is -3.08. The van der Waals surface area contributed by atoms with Crippen LogP contribution in [-0.2, 0) is 15.2 Å². The third-order valence-electron chi connectivity index (χ3n) is 2.81. The zero-order valence-corrected chi connectivity index (χ0v) is 14.5. The molecule has 1 aromatic carbocycles. The van der Waals surface area contributed by atoms with Gasteiger partial charge in [0.05, 0.1) is 17.6 Å². The number of hydrogen-bond acceptors (Lipinski definition) is 4. The maximum atomic E-state index is 11.7. The van der Waals surface area contributed by atoms with E-state index in [-0.39, 0.29) is 17.6 Å². The predicted octanol–water partition coefficient (Wildman–Crippen LogP) is 3.18. The van der Waals surface area contributed by atoms with Crippen molar-refractivity contribution in [3.05, 3.63) is 23.8 Å². The molecule has 0 N–H and O–H groups in total. The van der Waals surface area contributed by atoms with Crippen molar-refractivity contribution >= 4 is 25.8 Å². The highest BCUT2D eigenvalue weighted by atomic mass is 79.9. The van der Waals surface area contributed by atoms with Gasteiger partial charge in [-0.1, -0.05) is 22.0 Å². The summed E-state index contributed by atoms with van der Waals surface area (Å²) in [4.78, 5) is 0. The van der Waals surface area contributed by atoms with E-state index in [0.29, 0.717) is 18.1 Å². The highest BCUT2D eigenvalue weighted by Crippen LogP contribution is 2.29. The average Bonchev–Trinajstić information content (AvgIpc) is 2.40. The summed E-state index contributed by atoms with van der Waals surface area (Å²) in [5, 5.41) is 0.350. The molecule has 1 rings (SSSR count). The number of alkyl halides is 1. The van der Waals surface area contributed by atoms with Gasteiger partial charge in [0, 0.05) is 5.33 Å². The van der Waals surface area contributed by atoms with Crippen LogP contribution in [0.3, 0.4) is 0 Å². The zero-order valence-electron chi connectivity index (χ0n) is 12.1. The lowest BCUT2D eigenvalue weighted by Crippen LogP contribution is -2.22. The third-order valence-corrected chi connectivity index (χ3v) is 5.63. The quantitative estimate of drug-likeness (QED) is 0.664. The van der Waals surface area contributed by atoms with E-state index in [1.165, 1.54) is 0 Å². The number of benzene rings is 1. The second kappa shape index (κ2) is 7.88. The fourth-order valence-corrected chi connectivity index (χ4v) is 2.66. The lowest BCUT2D eigenvalue weighted by atomic mass is 10.2. The molecule has 4 nitrogen and oxygen atoms in total. The predicted molar refractivity (Wildman–Crippen MR) is 84.7 cm³/mol. The largest absolute Gasteiger partial charge is 0.490 e. The molecule has 0 spiro atoms. The van der Waals surface area contributed by atoms with Gasteiger partial charge < -0.3 is 9.47 Å². The van der Waals surface area contributed by atoms with Gasteiger partial charge in [-0.3, -0.25) is 0 Å². The van der Waals surface area contributed by atoms with E-state index in [9.17, 15) is 8.42 Å². The molecule has 0 saturated carbocycles. The van der Waals surface area contributed by atoms with Crippen LogP contribution in [0.1, 0.15) is 26.3 Å². The Balaban J connectivity index is 2.72. The summed E-state index contributed by atoms with van der Waals surface area (Å²) in [6, 6.07) is 5.62. The lowest BCUT2D eigenvalue weighted by molar-refractivity contribution is 0.288. The van der Waals surface area contributed by atoms with Gasteiger partial charge >= 0.3 is 0 Å². The van der Waals surface area contributed by atoms with E-state index in [1.807, 2.05) is 25.1 Å². The average molecular weight is 365 g/mol. The molecule has 0 aliphatic rings. The van der Waals surface area contributed by atoms with Crippen LogP contribution in [0, 0.1) is 0 Å². The summed E-state index contributed by atoms with van der Waals surface area (Å²) in [5.74, 6) is 1.23. The van der Waals surface area contributed by atoms with Crippen LogP contribution in [-0.4, -0.2) is 32.6 Å². The molecule has 0 radical (unpaired) electrons. The van der Waals surface area contributed by atoms with Gasteiger partial charge in [-0.25, -0.2) is 8.42 Å². The fourth-order valence-electron chi connectivity index (χ4n) is 1.53. The molecule has 0 aliphatic heterocycles. The molecule has 0 amide bonds. The smallest absolute Gasteiger partial charge is 0.161 e. The summed E-state index contributed by atoms with van der Waals surface area (Å²) in [7, 11) is -3.08. The Hall–Kier alpha value is -0.750. The highest BCUT2D eigenvalue weighted by molar-refractivity contribution is 9.08. The van der Waals surface area contributed by atoms with Crippen molar-refractivity contribution in [3.63, 3.8) is 0 Å². The van der Waals surface area contributed by atoms with Crippen molar-refractivity contribution in [3.8, 4) is 11.5 Å². The molecular weight excluding hydrogens is 344 g/mol. The highest BCUT2D eigenvalue weighted by Gasteiger charge is 2.16. The molecule has 0 saturated heterocycles. The minimum absolute atomic E-state index is 0.0103. The molecule has 0 heterocycles. The molecule has 6 heteroatoms. The topological polar surface area (TPSA) is 52.6 Å². The van der Waals surface area contributed by atoms with Gasteiger partial charge in [-0.2, -0.15) is 0 Å². The summed E-state index contributed by atoms with van der Waals surface area (Å²) >= 11 is 3.39. The van der Waals surface area contributed by atoms with Gasteiger partial charge in [-0.15, -0.1) is 0 Å². The second-order valence-electron chi connectivity index (χ2n) is 4.61. The molecule has 20 heavy (non-hydrogen) atoms. The van der Waals surface area contributed by atoms with E-state index < -0.39 is 9.84 Å². The van der Waals surface area contributed by atoms with E-state index >= 15 is 0 Å². The Morgan fingerprint density at radius 3 is 2.45 bits per heavy atom. The Kier molecular flexibility index (Phi) is 6.82. The first-order valence-electron chi connectivity index (χ1n) is 6.56. The summed E-state index contributed by atoms with van der Waals surface area (Å²) in [6.45, 7) is 5.91. The summed E-state index contributed by atoms with van der Waals surface area (Å²) in [5.41, 5.74) is 1.08. The van der Waals surface area contributed by atoms with E-state index in [4.69, 9.17) is 9.47 Å². The minimum Gasteiger partial charge on any atom is -0.490 e. The van der Waals surface area contributed by atoms with E-state index in [0.717, 1.165) is 10.9 Å². The van der Waals surface area contributed by atoms with E-state index in [2.05, 4.69) is 15.9 Å². The molecule has 0 aliphatic carbocycles. The summed E-state index contributed by atoms with van der Waals surface area (Å²) < 4.78 is 34.5. The van der Waals surface area contributed by atoms with Crippen LogP contribution in [0.4, 0.5) is 0 Å². The first-order valence-corrected chi connectivity index (χ1v) is 9.40. The summed E-state index contributed by atoms with van der Waals surface area (Å²) in [6.07, 6.45) is 0. The number of hydrogen-bond donors (Lipinski definition) is 0. The van der Waals surface area contributed by atoms with Crippen LogP contribution in [0.5, 0.6) is 11.5 Å².